The van der Waals surface area contributed by atoms with Gasteiger partial charge >= 0.3 is 0 Å². The number of anilines is 1. The van der Waals surface area contributed by atoms with E-state index >= 15 is 0 Å². The van der Waals surface area contributed by atoms with Crippen molar-refractivity contribution < 1.29 is 0 Å². The largest absolute Gasteiger partial charge is 0.353 e. The van der Waals surface area contributed by atoms with Gasteiger partial charge in [-0.05, 0) is 38.8 Å². The Hall–Kier alpha value is -1.03. The van der Waals surface area contributed by atoms with Crippen molar-refractivity contribution in [1.29, 1.82) is 0 Å². The fourth-order valence-corrected chi connectivity index (χ4v) is 2.30. The lowest BCUT2D eigenvalue weighted by atomic mass is 10.4. The Morgan fingerprint density at radius 1 is 1.25 bits per heavy atom. The van der Waals surface area contributed by atoms with Gasteiger partial charge in [-0.3, -0.25) is 0 Å². The van der Waals surface area contributed by atoms with Crippen molar-refractivity contribution in [3.05, 3.63) is 12.4 Å². The molecule has 0 unspecified atom stereocenters. The van der Waals surface area contributed by atoms with Crippen LogP contribution in [-0.2, 0) is 6.54 Å². The zero-order valence-corrected chi connectivity index (χ0v) is 9.73. The summed E-state index contributed by atoms with van der Waals surface area (Å²) in [5.41, 5.74) is 0. The number of hydrogen-bond donors (Lipinski definition) is 1. The van der Waals surface area contributed by atoms with E-state index in [-0.39, 0.29) is 0 Å². The van der Waals surface area contributed by atoms with Crippen LogP contribution in [0.15, 0.2) is 12.4 Å². The molecule has 0 radical (unpaired) electrons. The molecule has 2 heterocycles. The van der Waals surface area contributed by atoms with E-state index in [1.807, 2.05) is 6.20 Å². The van der Waals surface area contributed by atoms with Crippen LogP contribution in [0.1, 0.15) is 25.7 Å². The number of aromatic nitrogens is 2. The van der Waals surface area contributed by atoms with Crippen molar-refractivity contribution >= 4 is 5.95 Å². The minimum absolute atomic E-state index is 0.688. The molecule has 4 nitrogen and oxygen atoms in total. The van der Waals surface area contributed by atoms with Crippen LogP contribution in [0.3, 0.4) is 0 Å². The van der Waals surface area contributed by atoms with Gasteiger partial charge in [-0.25, -0.2) is 4.98 Å². The predicted octanol–water partition coefficient (Wildman–Crippen LogP) is 1.55. The van der Waals surface area contributed by atoms with E-state index in [2.05, 4.69) is 26.0 Å². The maximum Gasteiger partial charge on any atom is 0.203 e. The molecule has 88 valence electrons. The van der Waals surface area contributed by atoms with Crippen LogP contribution in [0.4, 0.5) is 5.95 Å². The van der Waals surface area contributed by atoms with E-state index in [0.717, 1.165) is 19.0 Å². The first-order valence-electron chi connectivity index (χ1n) is 6.42. The maximum atomic E-state index is 4.37. The van der Waals surface area contributed by atoms with E-state index in [0.29, 0.717) is 6.04 Å². The Labute approximate surface area is 96.7 Å². The second-order valence-corrected chi connectivity index (χ2v) is 4.91. The van der Waals surface area contributed by atoms with Crippen molar-refractivity contribution in [3.8, 4) is 0 Å². The fraction of sp³-hybridized carbons (Fsp3) is 0.750. The summed E-state index contributed by atoms with van der Waals surface area (Å²) in [5.74, 6) is 1.06. The van der Waals surface area contributed by atoms with Gasteiger partial charge in [0.05, 0.1) is 0 Å². The molecule has 1 saturated carbocycles. The number of imidazole rings is 1. The molecule has 0 bridgehead atoms. The Kier molecular flexibility index (Phi) is 2.82. The Morgan fingerprint density at radius 2 is 2.06 bits per heavy atom. The van der Waals surface area contributed by atoms with Crippen molar-refractivity contribution in [3.63, 3.8) is 0 Å². The molecule has 1 aromatic rings. The molecule has 1 N–H and O–H groups in total. The molecule has 0 atom stereocenters. The highest BCUT2D eigenvalue weighted by molar-refractivity contribution is 5.29. The molecule has 1 aromatic heterocycles. The highest BCUT2D eigenvalue weighted by atomic mass is 15.2. The zero-order chi connectivity index (χ0) is 10.8. The van der Waals surface area contributed by atoms with Crippen LogP contribution >= 0.6 is 0 Å². The van der Waals surface area contributed by atoms with Crippen LogP contribution in [0.25, 0.3) is 0 Å². The van der Waals surface area contributed by atoms with E-state index in [4.69, 9.17) is 0 Å². The summed E-state index contributed by atoms with van der Waals surface area (Å²) >= 11 is 0. The topological polar surface area (TPSA) is 33.1 Å². The Balaban J connectivity index is 1.53. The summed E-state index contributed by atoms with van der Waals surface area (Å²) in [6, 6.07) is 0.688. The molecule has 2 fully saturated rings. The third-order valence-electron chi connectivity index (χ3n) is 3.48. The summed E-state index contributed by atoms with van der Waals surface area (Å²) < 4.78 is 2.25. The number of nitrogens with one attached hydrogen (secondary N) is 1. The van der Waals surface area contributed by atoms with Gasteiger partial charge in [0.1, 0.15) is 0 Å². The van der Waals surface area contributed by atoms with Crippen LogP contribution in [0.2, 0.25) is 0 Å². The first-order chi connectivity index (χ1) is 7.92. The standard InChI is InChI=1S/C12H20N4/c1-2-7-15(6-1)9-10-16-8-5-13-12(16)14-11-3-4-11/h5,8,11H,1-4,6-7,9-10H2,(H,13,14). The van der Waals surface area contributed by atoms with Gasteiger partial charge in [-0.2, -0.15) is 0 Å². The maximum absolute atomic E-state index is 4.37. The average molecular weight is 220 g/mol. The first-order valence-corrected chi connectivity index (χ1v) is 6.42. The summed E-state index contributed by atoms with van der Waals surface area (Å²) in [6.45, 7) is 4.78. The fourth-order valence-electron chi connectivity index (χ4n) is 2.30. The highest BCUT2D eigenvalue weighted by Gasteiger charge is 2.22. The normalized spacial score (nSPS) is 21.5. The predicted molar refractivity (Wildman–Crippen MR) is 64.5 cm³/mol. The van der Waals surface area contributed by atoms with Gasteiger partial charge in [0.25, 0.3) is 0 Å². The van der Waals surface area contributed by atoms with Gasteiger partial charge < -0.3 is 14.8 Å². The van der Waals surface area contributed by atoms with E-state index < -0.39 is 0 Å². The van der Waals surface area contributed by atoms with Gasteiger partial charge in [-0.1, -0.05) is 0 Å². The number of hydrogen-bond acceptors (Lipinski definition) is 3. The van der Waals surface area contributed by atoms with Crippen molar-refractivity contribution in [2.75, 3.05) is 25.0 Å². The molecule has 1 aliphatic heterocycles. The van der Waals surface area contributed by atoms with Gasteiger partial charge in [0.2, 0.25) is 5.95 Å². The summed E-state index contributed by atoms with van der Waals surface area (Å²) in [6.07, 6.45) is 9.33. The van der Waals surface area contributed by atoms with Crippen LogP contribution in [-0.4, -0.2) is 40.1 Å². The minimum atomic E-state index is 0.688. The monoisotopic (exact) mass is 220 g/mol. The average Bonchev–Trinajstić information content (AvgIpc) is 2.80. The van der Waals surface area contributed by atoms with E-state index in [9.17, 15) is 0 Å². The van der Waals surface area contributed by atoms with Crippen molar-refractivity contribution in [1.82, 2.24) is 14.5 Å². The molecule has 1 saturated heterocycles. The smallest absolute Gasteiger partial charge is 0.203 e. The molecular formula is C12H20N4. The molecule has 0 spiro atoms. The van der Waals surface area contributed by atoms with Crippen LogP contribution < -0.4 is 5.32 Å². The lowest BCUT2D eigenvalue weighted by molar-refractivity contribution is 0.323. The first kappa shape index (κ1) is 10.1. The molecule has 0 aromatic carbocycles. The summed E-state index contributed by atoms with van der Waals surface area (Å²) in [7, 11) is 0. The van der Waals surface area contributed by atoms with Crippen molar-refractivity contribution in [2.24, 2.45) is 0 Å². The second-order valence-electron chi connectivity index (χ2n) is 4.91. The van der Waals surface area contributed by atoms with Crippen LogP contribution in [0, 0.1) is 0 Å². The van der Waals surface area contributed by atoms with E-state index in [1.54, 1.807) is 0 Å². The van der Waals surface area contributed by atoms with E-state index in [1.165, 1.54) is 38.8 Å². The third kappa shape index (κ3) is 2.38. The molecule has 1 aliphatic carbocycles. The number of nitrogens with zero attached hydrogens (tertiary/aromatic N) is 3. The number of likely N-dealkylation sites (tertiary alicyclic amines) is 1. The Morgan fingerprint density at radius 3 is 2.81 bits per heavy atom. The lowest BCUT2D eigenvalue weighted by Gasteiger charge is -2.16. The zero-order valence-electron chi connectivity index (χ0n) is 9.73. The summed E-state index contributed by atoms with van der Waals surface area (Å²) in [4.78, 5) is 6.92. The molecule has 4 heteroatoms. The van der Waals surface area contributed by atoms with Gasteiger partial charge in [0, 0.05) is 31.5 Å². The highest BCUT2D eigenvalue weighted by Crippen LogP contribution is 2.23. The molecule has 2 aliphatic rings. The summed E-state index contributed by atoms with van der Waals surface area (Å²) in [5, 5.41) is 3.47. The van der Waals surface area contributed by atoms with Gasteiger partial charge in [0.15, 0.2) is 0 Å². The molecule has 0 amide bonds. The van der Waals surface area contributed by atoms with Crippen molar-refractivity contribution in [2.45, 2.75) is 38.3 Å². The Bertz CT molecular complexity index is 337. The second kappa shape index (κ2) is 4.45. The lowest BCUT2D eigenvalue weighted by Crippen LogP contribution is -2.24. The molecular weight excluding hydrogens is 200 g/mol. The van der Waals surface area contributed by atoms with Gasteiger partial charge in [-0.15, -0.1) is 0 Å². The third-order valence-corrected chi connectivity index (χ3v) is 3.48. The SMILES string of the molecule is c1cn(CCN2CCCC2)c(NC2CC2)n1. The quantitative estimate of drug-likeness (QED) is 0.817. The molecule has 3 rings (SSSR count). The number of rotatable bonds is 5. The minimum Gasteiger partial charge on any atom is -0.353 e. The molecule has 16 heavy (non-hydrogen) atoms. The van der Waals surface area contributed by atoms with Crippen LogP contribution in [0.5, 0.6) is 0 Å².